The largest absolute Gasteiger partial charge is 0.384 e. The van der Waals surface area contributed by atoms with Gasteiger partial charge in [-0.05, 0) is 37.3 Å². The lowest BCUT2D eigenvalue weighted by atomic mass is 10.1. The van der Waals surface area contributed by atoms with E-state index in [1.165, 1.54) is 0 Å². The van der Waals surface area contributed by atoms with Crippen LogP contribution in [0.3, 0.4) is 0 Å². The standard InChI is InChI=1S/C21H20ClN7O/c1-13-26-18-3-2-17(14-4-5-24-19(23)10-14)27-21(18)29(13)15-11-16(22)20(25-12-15)28-6-8-30-9-7-28/h2-5,10-12H,6-9H2,1H3,(H2,23,24). The second-order valence-electron chi connectivity index (χ2n) is 7.10. The van der Waals surface area contributed by atoms with Crippen LogP contribution in [0.1, 0.15) is 5.82 Å². The summed E-state index contributed by atoms with van der Waals surface area (Å²) in [4.78, 5) is 20.3. The van der Waals surface area contributed by atoms with Gasteiger partial charge in [-0.1, -0.05) is 11.6 Å². The van der Waals surface area contributed by atoms with Gasteiger partial charge in [0.05, 0.1) is 35.8 Å². The number of fused-ring (bicyclic) bond motifs is 1. The van der Waals surface area contributed by atoms with E-state index in [-0.39, 0.29) is 0 Å². The molecule has 5 heterocycles. The molecular formula is C21H20ClN7O. The Bertz CT molecular complexity index is 1230. The molecule has 5 rings (SSSR count). The molecular weight excluding hydrogens is 402 g/mol. The number of morpholine rings is 1. The van der Waals surface area contributed by atoms with Crippen LogP contribution in [0.4, 0.5) is 11.6 Å². The summed E-state index contributed by atoms with van der Waals surface area (Å²) in [5.41, 5.74) is 9.87. The minimum atomic E-state index is 0.453. The van der Waals surface area contributed by atoms with Gasteiger partial charge in [0, 0.05) is 24.8 Å². The third kappa shape index (κ3) is 3.34. The zero-order chi connectivity index (χ0) is 20.7. The van der Waals surface area contributed by atoms with Crippen molar-refractivity contribution in [2.75, 3.05) is 36.9 Å². The second-order valence-corrected chi connectivity index (χ2v) is 7.51. The smallest absolute Gasteiger partial charge is 0.165 e. The number of hydrogen-bond acceptors (Lipinski definition) is 7. The van der Waals surface area contributed by atoms with Gasteiger partial charge < -0.3 is 15.4 Å². The maximum absolute atomic E-state index is 6.61. The van der Waals surface area contributed by atoms with Gasteiger partial charge in [0.1, 0.15) is 23.0 Å². The Balaban J connectivity index is 1.59. The summed E-state index contributed by atoms with van der Waals surface area (Å²) in [5, 5.41) is 0.591. The molecule has 0 atom stereocenters. The predicted octanol–water partition coefficient (Wildman–Crippen LogP) is 3.26. The number of rotatable bonds is 3. The number of aromatic nitrogens is 5. The number of ether oxygens (including phenoxy) is 1. The first-order chi connectivity index (χ1) is 14.6. The fraction of sp³-hybridized carbons (Fsp3) is 0.238. The summed E-state index contributed by atoms with van der Waals surface area (Å²) >= 11 is 6.61. The third-order valence-corrected chi connectivity index (χ3v) is 5.40. The predicted molar refractivity (Wildman–Crippen MR) is 117 cm³/mol. The molecule has 0 radical (unpaired) electrons. The SMILES string of the molecule is Cc1nc2ccc(-c3ccnc(N)c3)nc2n1-c1cnc(N2CCOCC2)c(Cl)c1. The molecule has 1 fully saturated rings. The van der Waals surface area contributed by atoms with Gasteiger partial charge in [0.15, 0.2) is 5.65 Å². The van der Waals surface area contributed by atoms with Gasteiger partial charge in [-0.15, -0.1) is 0 Å². The maximum atomic E-state index is 6.61. The molecule has 0 amide bonds. The third-order valence-electron chi connectivity index (χ3n) is 5.13. The van der Waals surface area contributed by atoms with Crippen molar-refractivity contribution in [2.45, 2.75) is 6.92 Å². The van der Waals surface area contributed by atoms with Crippen LogP contribution in [-0.4, -0.2) is 50.8 Å². The summed E-state index contributed by atoms with van der Waals surface area (Å²) in [5.74, 6) is 2.03. The number of nitrogens with two attached hydrogens (primary N) is 1. The number of nitrogen functional groups attached to an aromatic ring is 1. The molecule has 152 valence electrons. The maximum Gasteiger partial charge on any atom is 0.165 e. The summed E-state index contributed by atoms with van der Waals surface area (Å²) in [6, 6.07) is 9.48. The highest BCUT2D eigenvalue weighted by Gasteiger charge is 2.18. The number of hydrogen-bond donors (Lipinski definition) is 1. The van der Waals surface area contributed by atoms with Crippen molar-refractivity contribution in [1.82, 2.24) is 24.5 Å². The molecule has 8 nitrogen and oxygen atoms in total. The van der Waals surface area contributed by atoms with Gasteiger partial charge in [0.25, 0.3) is 0 Å². The summed E-state index contributed by atoms with van der Waals surface area (Å²) in [6.07, 6.45) is 3.48. The van der Waals surface area contributed by atoms with Crippen LogP contribution in [0.5, 0.6) is 0 Å². The van der Waals surface area contributed by atoms with E-state index >= 15 is 0 Å². The lowest BCUT2D eigenvalue weighted by Gasteiger charge is -2.28. The van der Waals surface area contributed by atoms with Crippen LogP contribution in [0.25, 0.3) is 28.1 Å². The molecule has 0 aromatic carbocycles. The molecule has 4 aromatic rings. The normalized spacial score (nSPS) is 14.4. The van der Waals surface area contributed by atoms with E-state index in [2.05, 4.69) is 19.9 Å². The molecule has 0 unspecified atom stereocenters. The van der Waals surface area contributed by atoms with E-state index in [1.807, 2.05) is 42.0 Å². The van der Waals surface area contributed by atoms with E-state index < -0.39 is 0 Å². The van der Waals surface area contributed by atoms with E-state index in [0.29, 0.717) is 24.1 Å². The number of anilines is 2. The first-order valence-corrected chi connectivity index (χ1v) is 10.0. The number of halogens is 1. The Morgan fingerprint density at radius 2 is 1.90 bits per heavy atom. The lowest BCUT2D eigenvalue weighted by Crippen LogP contribution is -2.36. The highest BCUT2D eigenvalue weighted by Crippen LogP contribution is 2.29. The topological polar surface area (TPSA) is 95.0 Å². The highest BCUT2D eigenvalue weighted by atomic mass is 35.5. The molecule has 0 spiro atoms. The van der Waals surface area contributed by atoms with Gasteiger partial charge in [-0.2, -0.15) is 0 Å². The van der Waals surface area contributed by atoms with Gasteiger partial charge in [0.2, 0.25) is 0 Å². The lowest BCUT2D eigenvalue weighted by molar-refractivity contribution is 0.122. The number of imidazole rings is 1. The Labute approximate surface area is 178 Å². The summed E-state index contributed by atoms with van der Waals surface area (Å²) < 4.78 is 7.38. The van der Waals surface area contributed by atoms with Crippen molar-refractivity contribution in [1.29, 1.82) is 0 Å². The monoisotopic (exact) mass is 421 g/mol. The van der Waals surface area contributed by atoms with Crippen molar-refractivity contribution in [3.05, 3.63) is 53.6 Å². The quantitative estimate of drug-likeness (QED) is 0.542. The minimum Gasteiger partial charge on any atom is -0.384 e. The van der Waals surface area contributed by atoms with E-state index in [9.17, 15) is 0 Å². The van der Waals surface area contributed by atoms with Gasteiger partial charge >= 0.3 is 0 Å². The van der Waals surface area contributed by atoms with Gasteiger partial charge in [-0.25, -0.2) is 19.9 Å². The van der Waals surface area contributed by atoms with E-state index in [4.69, 9.17) is 27.1 Å². The molecule has 0 bridgehead atoms. The van der Waals surface area contributed by atoms with Crippen molar-refractivity contribution in [2.24, 2.45) is 0 Å². The highest BCUT2D eigenvalue weighted by molar-refractivity contribution is 6.33. The van der Waals surface area contributed by atoms with Crippen LogP contribution in [0, 0.1) is 6.92 Å². The first-order valence-electron chi connectivity index (χ1n) is 9.67. The van der Waals surface area contributed by atoms with Crippen molar-refractivity contribution in [3.63, 3.8) is 0 Å². The Hall–Kier alpha value is -3.23. The van der Waals surface area contributed by atoms with Crippen LogP contribution in [0.2, 0.25) is 5.02 Å². The van der Waals surface area contributed by atoms with Crippen LogP contribution in [-0.2, 0) is 4.74 Å². The molecule has 2 N–H and O–H groups in total. The summed E-state index contributed by atoms with van der Waals surface area (Å²) in [6.45, 7) is 4.85. The number of pyridine rings is 3. The molecule has 0 saturated carbocycles. The zero-order valence-corrected chi connectivity index (χ0v) is 17.2. The Morgan fingerprint density at radius 3 is 2.67 bits per heavy atom. The Morgan fingerprint density at radius 1 is 1.07 bits per heavy atom. The van der Waals surface area contributed by atoms with Crippen molar-refractivity contribution < 1.29 is 4.74 Å². The van der Waals surface area contributed by atoms with Crippen LogP contribution >= 0.6 is 11.6 Å². The first kappa shape index (κ1) is 18.8. The van der Waals surface area contributed by atoms with Crippen LogP contribution in [0.15, 0.2) is 42.7 Å². The Kier molecular flexibility index (Phi) is 4.72. The molecule has 4 aromatic heterocycles. The van der Waals surface area contributed by atoms with E-state index in [1.54, 1.807) is 12.3 Å². The fourth-order valence-corrected chi connectivity index (χ4v) is 3.98. The molecule has 0 aliphatic carbocycles. The molecule has 1 aliphatic heterocycles. The molecule has 30 heavy (non-hydrogen) atoms. The average Bonchev–Trinajstić information content (AvgIpc) is 3.09. The average molecular weight is 422 g/mol. The van der Waals surface area contributed by atoms with Gasteiger partial charge in [-0.3, -0.25) is 4.57 Å². The summed E-state index contributed by atoms with van der Waals surface area (Å²) in [7, 11) is 0. The molecule has 9 heteroatoms. The van der Waals surface area contributed by atoms with Crippen molar-refractivity contribution in [3.8, 4) is 16.9 Å². The zero-order valence-electron chi connectivity index (χ0n) is 16.4. The minimum absolute atomic E-state index is 0.453. The number of aryl methyl sites for hydroxylation is 1. The fourth-order valence-electron chi connectivity index (χ4n) is 3.70. The molecule has 1 saturated heterocycles. The number of nitrogens with zero attached hydrogens (tertiary/aromatic N) is 6. The molecule has 1 aliphatic rings. The van der Waals surface area contributed by atoms with E-state index in [0.717, 1.165) is 52.8 Å². The van der Waals surface area contributed by atoms with Crippen LogP contribution < -0.4 is 10.6 Å². The van der Waals surface area contributed by atoms with Crippen molar-refractivity contribution >= 4 is 34.4 Å². The second kappa shape index (κ2) is 7.55.